The molecule has 0 aromatic carbocycles. The molecule has 0 unspecified atom stereocenters. The molecule has 0 saturated heterocycles. The summed E-state index contributed by atoms with van der Waals surface area (Å²) in [6, 6.07) is 1.76. The van der Waals surface area contributed by atoms with Crippen molar-refractivity contribution in [3.63, 3.8) is 0 Å². The lowest BCUT2D eigenvalue weighted by atomic mass is 10.5. The smallest absolute Gasteiger partial charge is 0.224 e. The first-order valence-corrected chi connectivity index (χ1v) is 4.81. The van der Waals surface area contributed by atoms with Gasteiger partial charge in [0.05, 0.1) is 0 Å². The van der Waals surface area contributed by atoms with E-state index in [1.165, 1.54) is 0 Å². The molecule has 0 radical (unpaired) electrons. The first-order chi connectivity index (χ1) is 5.39. The Labute approximate surface area is 78.3 Å². The summed E-state index contributed by atoms with van der Waals surface area (Å²) in [5.74, 6) is 0. The number of hydrogen-bond donors (Lipinski definition) is 0. The van der Waals surface area contributed by atoms with Crippen LogP contribution in [0.15, 0.2) is 17.0 Å². The first kappa shape index (κ1) is 9.70. The highest BCUT2D eigenvalue weighted by Crippen LogP contribution is 2.19. The van der Waals surface area contributed by atoms with Gasteiger partial charge in [0, 0.05) is 0 Å². The maximum atomic E-state index is 12.3. The van der Waals surface area contributed by atoms with Crippen molar-refractivity contribution in [3.8, 4) is 0 Å². The topological polar surface area (TPSA) is 47.0 Å². The monoisotopic (exact) mass is 229 g/mol. The van der Waals surface area contributed by atoms with Crippen LogP contribution in [0.4, 0.5) is 3.89 Å². The molecular formula is C5H2Cl2FNO2S. The van der Waals surface area contributed by atoms with Crippen molar-refractivity contribution in [2.24, 2.45) is 0 Å². The van der Waals surface area contributed by atoms with Crippen LogP contribution in [0.25, 0.3) is 0 Å². The Morgan fingerprint density at radius 1 is 1.25 bits per heavy atom. The quantitative estimate of drug-likeness (QED) is 0.547. The second-order valence-electron chi connectivity index (χ2n) is 1.89. The molecular weight excluding hydrogens is 228 g/mol. The van der Waals surface area contributed by atoms with Gasteiger partial charge in [-0.05, 0) is 12.1 Å². The van der Waals surface area contributed by atoms with Crippen molar-refractivity contribution in [1.82, 2.24) is 4.98 Å². The zero-order chi connectivity index (χ0) is 9.35. The Balaban J connectivity index is 3.37. The second-order valence-corrected chi connectivity index (χ2v) is 4.01. The molecule has 0 fully saturated rings. The standard InChI is InChI=1S/C5H2Cl2FNO2S/c6-4-1-3(12(8,10)11)2-5(7)9-4/h1-2H. The van der Waals surface area contributed by atoms with Gasteiger partial charge in [0.15, 0.2) is 0 Å². The SMILES string of the molecule is O=S(=O)(F)c1cc(Cl)nc(Cl)c1. The molecule has 0 N–H and O–H groups in total. The van der Waals surface area contributed by atoms with E-state index < -0.39 is 15.1 Å². The molecule has 0 bridgehead atoms. The molecule has 0 saturated carbocycles. The van der Waals surface area contributed by atoms with Crippen LogP contribution in [-0.2, 0) is 10.2 Å². The minimum atomic E-state index is -4.76. The van der Waals surface area contributed by atoms with E-state index in [4.69, 9.17) is 23.2 Å². The van der Waals surface area contributed by atoms with E-state index in [1.54, 1.807) is 0 Å². The average Bonchev–Trinajstić information content (AvgIpc) is 1.82. The van der Waals surface area contributed by atoms with Gasteiger partial charge in [-0.1, -0.05) is 23.2 Å². The molecule has 12 heavy (non-hydrogen) atoms. The van der Waals surface area contributed by atoms with Crippen molar-refractivity contribution < 1.29 is 12.3 Å². The van der Waals surface area contributed by atoms with Gasteiger partial charge in [-0.2, -0.15) is 8.42 Å². The average molecular weight is 230 g/mol. The molecule has 0 amide bonds. The van der Waals surface area contributed by atoms with E-state index >= 15 is 0 Å². The predicted octanol–water partition coefficient (Wildman–Crippen LogP) is 2.05. The van der Waals surface area contributed by atoms with Gasteiger partial charge < -0.3 is 0 Å². The molecule has 7 heteroatoms. The highest BCUT2D eigenvalue weighted by Gasteiger charge is 2.13. The molecule has 66 valence electrons. The van der Waals surface area contributed by atoms with Gasteiger partial charge in [0.25, 0.3) is 0 Å². The summed E-state index contributed by atoms with van der Waals surface area (Å²) >= 11 is 10.7. The summed E-state index contributed by atoms with van der Waals surface area (Å²) in [6.45, 7) is 0. The predicted molar refractivity (Wildman–Crippen MR) is 42.6 cm³/mol. The van der Waals surface area contributed by atoms with E-state index in [1.807, 2.05) is 0 Å². The lowest BCUT2D eigenvalue weighted by Gasteiger charge is -1.95. The van der Waals surface area contributed by atoms with Crippen LogP contribution in [0.1, 0.15) is 0 Å². The third-order valence-corrected chi connectivity index (χ3v) is 2.20. The molecule has 3 nitrogen and oxygen atoms in total. The van der Waals surface area contributed by atoms with E-state index in [0.29, 0.717) is 0 Å². The van der Waals surface area contributed by atoms with Crippen molar-refractivity contribution in [1.29, 1.82) is 0 Å². The van der Waals surface area contributed by atoms with E-state index in [9.17, 15) is 12.3 Å². The first-order valence-electron chi connectivity index (χ1n) is 2.67. The number of nitrogens with zero attached hydrogens (tertiary/aromatic N) is 1. The fourth-order valence-corrected chi connectivity index (χ4v) is 1.68. The number of pyridine rings is 1. The van der Waals surface area contributed by atoms with Crippen LogP contribution in [0.2, 0.25) is 10.3 Å². The summed E-state index contributed by atoms with van der Waals surface area (Å²) in [6.07, 6.45) is 0. The van der Waals surface area contributed by atoms with Crippen molar-refractivity contribution in [3.05, 3.63) is 22.4 Å². The van der Waals surface area contributed by atoms with Gasteiger partial charge >= 0.3 is 10.2 Å². The molecule has 1 heterocycles. The normalized spacial score (nSPS) is 11.6. The Hall–Kier alpha value is -0.390. The summed E-state index contributed by atoms with van der Waals surface area (Å²) < 4.78 is 33.0. The molecule has 1 aromatic rings. The van der Waals surface area contributed by atoms with Gasteiger partial charge in [0.2, 0.25) is 0 Å². The van der Waals surface area contributed by atoms with Gasteiger partial charge in [0.1, 0.15) is 15.2 Å². The van der Waals surface area contributed by atoms with Gasteiger partial charge in [-0.3, -0.25) is 0 Å². The van der Waals surface area contributed by atoms with E-state index in [2.05, 4.69) is 4.98 Å². The summed E-state index contributed by atoms with van der Waals surface area (Å²) in [4.78, 5) is 2.86. The number of halogens is 3. The van der Waals surface area contributed by atoms with E-state index in [0.717, 1.165) is 12.1 Å². The minimum Gasteiger partial charge on any atom is -0.224 e. The van der Waals surface area contributed by atoms with Crippen LogP contribution in [0.5, 0.6) is 0 Å². The summed E-state index contributed by atoms with van der Waals surface area (Å²) in [5.41, 5.74) is 0. The zero-order valence-electron chi connectivity index (χ0n) is 5.46. The number of hydrogen-bond acceptors (Lipinski definition) is 3. The number of rotatable bonds is 1. The second kappa shape index (κ2) is 3.16. The molecule has 0 atom stereocenters. The Kier molecular flexibility index (Phi) is 2.55. The molecule has 1 aromatic heterocycles. The van der Waals surface area contributed by atoms with E-state index in [-0.39, 0.29) is 10.3 Å². The fraction of sp³-hybridized carbons (Fsp3) is 0. The lowest BCUT2D eigenvalue weighted by Crippen LogP contribution is -1.92. The number of aromatic nitrogens is 1. The maximum absolute atomic E-state index is 12.3. The lowest BCUT2D eigenvalue weighted by molar-refractivity contribution is 0.552. The minimum absolute atomic E-state index is 0.168. The maximum Gasteiger partial charge on any atom is 0.332 e. The summed E-state index contributed by atoms with van der Waals surface area (Å²) in [5, 5.41) is -0.336. The molecule has 1 rings (SSSR count). The van der Waals surface area contributed by atoms with Crippen LogP contribution in [-0.4, -0.2) is 13.4 Å². The van der Waals surface area contributed by atoms with Crippen LogP contribution < -0.4 is 0 Å². The third kappa shape index (κ3) is 2.30. The van der Waals surface area contributed by atoms with Gasteiger partial charge in [-0.25, -0.2) is 4.98 Å². The zero-order valence-corrected chi connectivity index (χ0v) is 7.79. The van der Waals surface area contributed by atoms with Crippen LogP contribution in [0, 0.1) is 0 Å². The van der Waals surface area contributed by atoms with Crippen molar-refractivity contribution >= 4 is 33.4 Å². The van der Waals surface area contributed by atoms with Crippen molar-refractivity contribution in [2.75, 3.05) is 0 Å². The molecule has 0 spiro atoms. The Bertz CT molecular complexity index is 386. The Morgan fingerprint density at radius 2 is 1.67 bits per heavy atom. The molecule has 0 aliphatic heterocycles. The molecule has 0 aliphatic carbocycles. The van der Waals surface area contributed by atoms with Crippen LogP contribution in [0.3, 0.4) is 0 Å². The Morgan fingerprint density at radius 3 is 2.00 bits per heavy atom. The largest absolute Gasteiger partial charge is 0.332 e. The highest BCUT2D eigenvalue weighted by molar-refractivity contribution is 7.86. The molecule has 0 aliphatic rings. The van der Waals surface area contributed by atoms with Crippen molar-refractivity contribution in [2.45, 2.75) is 4.90 Å². The highest BCUT2D eigenvalue weighted by atomic mass is 35.5. The fourth-order valence-electron chi connectivity index (χ4n) is 0.584. The third-order valence-electron chi connectivity index (χ3n) is 1.02. The van der Waals surface area contributed by atoms with Crippen LogP contribution >= 0.6 is 23.2 Å². The summed E-state index contributed by atoms with van der Waals surface area (Å²) in [7, 11) is -4.76. The van der Waals surface area contributed by atoms with Gasteiger partial charge in [-0.15, -0.1) is 3.89 Å².